The van der Waals surface area contributed by atoms with Crippen molar-refractivity contribution in [2.24, 2.45) is 0 Å². The van der Waals surface area contributed by atoms with E-state index in [9.17, 15) is 4.79 Å². The lowest BCUT2D eigenvalue weighted by Crippen LogP contribution is -2.14. The van der Waals surface area contributed by atoms with Crippen LogP contribution in [0, 0.1) is 13.8 Å². The van der Waals surface area contributed by atoms with Crippen LogP contribution in [0.25, 0.3) is 5.69 Å². The Kier molecular flexibility index (Phi) is 4.12. The van der Waals surface area contributed by atoms with Gasteiger partial charge in [0, 0.05) is 10.7 Å². The van der Waals surface area contributed by atoms with Gasteiger partial charge in [-0.15, -0.1) is 5.10 Å². The summed E-state index contributed by atoms with van der Waals surface area (Å²) in [6, 6.07) is 14.7. The van der Waals surface area contributed by atoms with Gasteiger partial charge in [-0.05, 0) is 50.2 Å². The van der Waals surface area contributed by atoms with E-state index in [4.69, 9.17) is 11.6 Å². The number of nitrogens with zero attached hydrogens (tertiary/aromatic N) is 3. The first-order chi connectivity index (χ1) is 11.0. The molecule has 0 fully saturated rings. The fourth-order valence-electron chi connectivity index (χ4n) is 2.14. The van der Waals surface area contributed by atoms with E-state index in [1.807, 2.05) is 38.1 Å². The molecular weight excluding hydrogens is 312 g/mol. The van der Waals surface area contributed by atoms with Crippen LogP contribution in [0.5, 0.6) is 0 Å². The summed E-state index contributed by atoms with van der Waals surface area (Å²) in [5.41, 5.74) is 2.67. The van der Waals surface area contributed by atoms with Gasteiger partial charge in [0.1, 0.15) is 5.82 Å². The lowest BCUT2D eigenvalue weighted by molar-refractivity contribution is 0.101. The van der Waals surface area contributed by atoms with Crippen LogP contribution in [0.1, 0.15) is 22.0 Å². The average Bonchev–Trinajstić information content (AvgIpc) is 2.92. The van der Waals surface area contributed by atoms with Crippen LogP contribution >= 0.6 is 11.6 Å². The van der Waals surface area contributed by atoms with Crippen molar-refractivity contribution < 1.29 is 4.79 Å². The van der Waals surface area contributed by atoms with Crippen molar-refractivity contribution in [1.29, 1.82) is 0 Å². The third-order valence-electron chi connectivity index (χ3n) is 3.35. The average molecular weight is 327 g/mol. The molecule has 116 valence electrons. The van der Waals surface area contributed by atoms with Gasteiger partial charge in [-0.2, -0.15) is 0 Å². The molecule has 5 nitrogen and oxygen atoms in total. The Balaban J connectivity index is 1.83. The Morgan fingerprint density at radius 2 is 1.70 bits per heavy atom. The molecule has 1 heterocycles. The number of nitrogens with one attached hydrogen (secondary N) is 1. The van der Waals surface area contributed by atoms with E-state index in [1.54, 1.807) is 28.9 Å². The molecule has 0 saturated heterocycles. The van der Waals surface area contributed by atoms with Gasteiger partial charge >= 0.3 is 0 Å². The van der Waals surface area contributed by atoms with E-state index in [2.05, 4.69) is 15.4 Å². The lowest BCUT2D eigenvalue weighted by atomic mass is 10.2. The summed E-state index contributed by atoms with van der Waals surface area (Å²) < 4.78 is 1.65. The minimum absolute atomic E-state index is 0.123. The van der Waals surface area contributed by atoms with Crippen LogP contribution in [0.4, 0.5) is 5.69 Å². The lowest BCUT2D eigenvalue weighted by Gasteiger charge is -2.03. The van der Waals surface area contributed by atoms with Crippen molar-refractivity contribution in [1.82, 2.24) is 14.8 Å². The van der Waals surface area contributed by atoms with Crippen LogP contribution in [0.3, 0.4) is 0 Å². The fraction of sp³-hybridized carbons (Fsp3) is 0.118. The van der Waals surface area contributed by atoms with E-state index < -0.39 is 0 Å². The van der Waals surface area contributed by atoms with Crippen molar-refractivity contribution in [3.05, 3.63) is 70.8 Å². The number of anilines is 1. The predicted molar refractivity (Wildman–Crippen MR) is 90.2 cm³/mol. The van der Waals surface area contributed by atoms with Crippen molar-refractivity contribution >= 4 is 23.2 Å². The highest BCUT2D eigenvalue weighted by Gasteiger charge is 2.15. The van der Waals surface area contributed by atoms with Gasteiger partial charge in [0.15, 0.2) is 0 Å². The number of amides is 1. The number of carbonyl (C=O) groups excluding carboxylic acids is 1. The molecule has 1 aromatic heterocycles. The first-order valence-corrected chi connectivity index (χ1v) is 7.48. The number of hydrogen-bond acceptors (Lipinski definition) is 3. The van der Waals surface area contributed by atoms with Crippen molar-refractivity contribution in [3.63, 3.8) is 0 Å². The van der Waals surface area contributed by atoms with E-state index in [-0.39, 0.29) is 11.7 Å². The number of aryl methyl sites for hydroxylation is 2. The number of halogens is 1. The summed E-state index contributed by atoms with van der Waals surface area (Å²) in [6.45, 7) is 3.83. The molecule has 6 heteroatoms. The molecule has 0 spiro atoms. The number of benzene rings is 2. The van der Waals surface area contributed by atoms with Crippen LogP contribution < -0.4 is 5.32 Å². The molecule has 3 aromatic rings. The maximum Gasteiger partial charge on any atom is 0.295 e. The molecular formula is C17H15ClN4O. The van der Waals surface area contributed by atoms with Crippen LogP contribution in [0.2, 0.25) is 5.02 Å². The van der Waals surface area contributed by atoms with Gasteiger partial charge in [-0.25, -0.2) is 9.67 Å². The maximum atomic E-state index is 12.3. The normalized spacial score (nSPS) is 10.6. The number of carbonyl (C=O) groups is 1. The molecule has 3 rings (SSSR count). The first-order valence-electron chi connectivity index (χ1n) is 7.10. The summed E-state index contributed by atoms with van der Waals surface area (Å²) in [6.07, 6.45) is 0. The first kappa shape index (κ1) is 15.2. The van der Waals surface area contributed by atoms with E-state index >= 15 is 0 Å². The van der Waals surface area contributed by atoms with Crippen molar-refractivity contribution in [2.45, 2.75) is 13.8 Å². The third kappa shape index (κ3) is 3.40. The fourth-order valence-corrected chi connectivity index (χ4v) is 2.26. The second kappa shape index (κ2) is 6.22. The second-order valence-corrected chi connectivity index (χ2v) is 5.63. The molecule has 0 aliphatic heterocycles. The summed E-state index contributed by atoms with van der Waals surface area (Å²) >= 11 is 5.83. The Bertz CT molecular complexity index is 838. The Labute approximate surface area is 138 Å². The Morgan fingerprint density at radius 1 is 1.04 bits per heavy atom. The molecule has 0 aliphatic rings. The molecule has 2 aromatic carbocycles. The molecule has 0 unspecified atom stereocenters. The van der Waals surface area contributed by atoms with Crippen LogP contribution in [-0.4, -0.2) is 20.7 Å². The highest BCUT2D eigenvalue weighted by atomic mass is 35.5. The summed E-state index contributed by atoms with van der Waals surface area (Å²) in [7, 11) is 0. The largest absolute Gasteiger partial charge is 0.319 e. The molecule has 0 atom stereocenters. The van der Waals surface area contributed by atoms with E-state index in [0.717, 1.165) is 11.3 Å². The SMILES string of the molecule is Cc1ccc(-n2nc(C(=O)Nc3ccc(Cl)cc3)nc2C)cc1. The Morgan fingerprint density at radius 3 is 2.35 bits per heavy atom. The molecule has 0 saturated carbocycles. The van der Waals surface area contributed by atoms with Crippen molar-refractivity contribution in [3.8, 4) is 5.69 Å². The van der Waals surface area contributed by atoms with Gasteiger partial charge in [0.2, 0.25) is 5.82 Å². The van der Waals surface area contributed by atoms with Crippen LogP contribution in [0.15, 0.2) is 48.5 Å². The second-order valence-electron chi connectivity index (χ2n) is 5.19. The quantitative estimate of drug-likeness (QED) is 0.796. The van der Waals surface area contributed by atoms with E-state index in [1.165, 1.54) is 0 Å². The van der Waals surface area contributed by atoms with Gasteiger partial charge in [-0.3, -0.25) is 4.79 Å². The van der Waals surface area contributed by atoms with E-state index in [0.29, 0.717) is 16.5 Å². The van der Waals surface area contributed by atoms with Gasteiger partial charge in [0.25, 0.3) is 5.91 Å². The van der Waals surface area contributed by atoms with Gasteiger partial charge in [0.05, 0.1) is 5.69 Å². The topological polar surface area (TPSA) is 59.8 Å². The number of hydrogen-bond donors (Lipinski definition) is 1. The zero-order valence-corrected chi connectivity index (χ0v) is 13.5. The smallest absolute Gasteiger partial charge is 0.295 e. The molecule has 1 amide bonds. The molecule has 23 heavy (non-hydrogen) atoms. The van der Waals surface area contributed by atoms with Crippen molar-refractivity contribution in [2.75, 3.05) is 5.32 Å². The summed E-state index contributed by atoms with van der Waals surface area (Å²) in [5, 5.41) is 7.65. The zero-order valence-electron chi connectivity index (χ0n) is 12.7. The molecule has 0 bridgehead atoms. The highest BCUT2D eigenvalue weighted by molar-refractivity contribution is 6.30. The molecule has 0 aliphatic carbocycles. The van der Waals surface area contributed by atoms with Gasteiger partial charge in [-0.1, -0.05) is 29.3 Å². The Hall–Kier alpha value is -2.66. The highest BCUT2D eigenvalue weighted by Crippen LogP contribution is 2.15. The molecule has 0 radical (unpaired) electrons. The molecule has 1 N–H and O–H groups in total. The number of rotatable bonds is 3. The summed E-state index contributed by atoms with van der Waals surface area (Å²) in [5.74, 6) is 0.411. The minimum atomic E-state index is -0.360. The third-order valence-corrected chi connectivity index (χ3v) is 3.60. The predicted octanol–water partition coefficient (Wildman–Crippen LogP) is 3.79. The monoisotopic (exact) mass is 326 g/mol. The van der Waals surface area contributed by atoms with Crippen LogP contribution in [-0.2, 0) is 0 Å². The van der Waals surface area contributed by atoms with Gasteiger partial charge < -0.3 is 5.32 Å². The number of aromatic nitrogens is 3. The minimum Gasteiger partial charge on any atom is -0.319 e. The summed E-state index contributed by atoms with van der Waals surface area (Å²) in [4.78, 5) is 16.5. The standard InChI is InChI=1S/C17H15ClN4O/c1-11-3-9-15(10-4-11)22-12(2)19-16(21-22)17(23)20-14-7-5-13(18)6-8-14/h3-10H,1-2H3,(H,20,23). The zero-order chi connectivity index (χ0) is 16.4. The maximum absolute atomic E-state index is 12.3.